The van der Waals surface area contributed by atoms with E-state index in [-0.39, 0.29) is 18.9 Å². The minimum Gasteiger partial charge on any atom is -0.352 e. The fraction of sp³-hybridized carbons (Fsp3) is 0.333. The smallest absolute Gasteiger partial charge is 0.224 e. The normalized spacial score (nSPS) is 10.7. The maximum absolute atomic E-state index is 12.9. The lowest BCUT2D eigenvalue weighted by atomic mass is 10.1. The molecule has 0 saturated carbocycles. The monoisotopic (exact) mass is 309 g/mol. The molecule has 1 aromatic carbocycles. The summed E-state index contributed by atoms with van der Waals surface area (Å²) in [6, 6.07) is 4.12. The molecule has 1 amide bonds. The Bertz CT molecular complexity index is 682. The van der Waals surface area contributed by atoms with E-state index in [4.69, 9.17) is 11.6 Å². The van der Waals surface area contributed by atoms with E-state index in [1.165, 1.54) is 12.1 Å². The predicted molar refractivity (Wildman–Crippen MR) is 79.6 cm³/mol. The molecule has 21 heavy (non-hydrogen) atoms. The second kappa shape index (κ2) is 6.26. The number of nitrogens with zero attached hydrogens (tertiary/aromatic N) is 2. The molecule has 0 aliphatic heterocycles. The zero-order chi connectivity index (χ0) is 15.6. The number of aryl methyl sites for hydroxylation is 2. The number of amides is 1. The number of carbonyl (C=O) groups is 1. The van der Waals surface area contributed by atoms with Crippen molar-refractivity contribution < 1.29 is 9.18 Å². The first-order valence-corrected chi connectivity index (χ1v) is 6.96. The van der Waals surface area contributed by atoms with Crippen molar-refractivity contribution in [2.24, 2.45) is 7.05 Å². The van der Waals surface area contributed by atoms with Gasteiger partial charge in [0.1, 0.15) is 5.82 Å². The summed E-state index contributed by atoms with van der Waals surface area (Å²) in [7, 11) is 1.85. The molecule has 0 fully saturated rings. The zero-order valence-electron chi connectivity index (χ0n) is 12.2. The van der Waals surface area contributed by atoms with E-state index in [9.17, 15) is 9.18 Å². The number of halogens is 2. The standard InChI is InChI=1S/C15H17ClFN3O/c1-9-13(10(2)20(3)19-9)7-15(21)18-8-11-4-5-12(17)6-14(11)16/h4-6H,7-8H2,1-3H3,(H,18,21). The second-order valence-corrected chi connectivity index (χ2v) is 5.37. The molecule has 0 aliphatic carbocycles. The second-order valence-electron chi connectivity index (χ2n) is 4.96. The number of hydrogen-bond donors (Lipinski definition) is 1. The molecular weight excluding hydrogens is 293 g/mol. The molecule has 2 rings (SSSR count). The van der Waals surface area contributed by atoms with Crippen LogP contribution in [0.2, 0.25) is 5.02 Å². The quantitative estimate of drug-likeness (QED) is 0.944. The highest BCUT2D eigenvalue weighted by molar-refractivity contribution is 6.31. The van der Waals surface area contributed by atoms with Crippen LogP contribution in [0.5, 0.6) is 0 Å². The summed E-state index contributed by atoms with van der Waals surface area (Å²) in [5.41, 5.74) is 3.44. The molecular formula is C15H17ClFN3O. The number of aromatic nitrogens is 2. The number of nitrogens with one attached hydrogen (secondary N) is 1. The van der Waals surface area contributed by atoms with Crippen LogP contribution in [0.25, 0.3) is 0 Å². The van der Waals surface area contributed by atoms with E-state index in [1.807, 2.05) is 20.9 Å². The molecule has 112 valence electrons. The van der Waals surface area contributed by atoms with Crippen molar-refractivity contribution in [3.63, 3.8) is 0 Å². The van der Waals surface area contributed by atoms with Gasteiger partial charge in [-0.15, -0.1) is 0 Å². The van der Waals surface area contributed by atoms with Gasteiger partial charge in [-0.1, -0.05) is 17.7 Å². The van der Waals surface area contributed by atoms with E-state index >= 15 is 0 Å². The van der Waals surface area contributed by atoms with Crippen molar-refractivity contribution in [3.8, 4) is 0 Å². The molecule has 6 heteroatoms. The topological polar surface area (TPSA) is 46.9 Å². The fourth-order valence-corrected chi connectivity index (χ4v) is 2.39. The van der Waals surface area contributed by atoms with E-state index in [2.05, 4.69) is 10.4 Å². The number of benzene rings is 1. The van der Waals surface area contributed by atoms with Crippen molar-refractivity contribution >= 4 is 17.5 Å². The van der Waals surface area contributed by atoms with Crippen LogP contribution in [0, 0.1) is 19.7 Å². The third kappa shape index (κ3) is 3.61. The van der Waals surface area contributed by atoms with E-state index < -0.39 is 5.82 Å². The van der Waals surface area contributed by atoms with E-state index in [0.717, 1.165) is 17.0 Å². The lowest BCUT2D eigenvalue weighted by molar-refractivity contribution is -0.120. The van der Waals surface area contributed by atoms with Gasteiger partial charge in [-0.05, 0) is 31.5 Å². The minimum absolute atomic E-state index is 0.116. The Morgan fingerprint density at radius 2 is 2.14 bits per heavy atom. The van der Waals surface area contributed by atoms with Crippen molar-refractivity contribution in [2.75, 3.05) is 0 Å². The van der Waals surface area contributed by atoms with Crippen LogP contribution in [-0.4, -0.2) is 15.7 Å². The summed E-state index contributed by atoms with van der Waals surface area (Å²) < 4.78 is 14.7. The summed E-state index contributed by atoms with van der Waals surface area (Å²) in [6.07, 6.45) is 0.268. The molecule has 0 atom stereocenters. The first-order chi connectivity index (χ1) is 9.88. The van der Waals surface area contributed by atoms with E-state index in [1.54, 1.807) is 10.7 Å². The Morgan fingerprint density at radius 1 is 1.43 bits per heavy atom. The van der Waals surface area contributed by atoms with Crippen LogP contribution in [0.4, 0.5) is 4.39 Å². The highest BCUT2D eigenvalue weighted by Gasteiger charge is 2.13. The Hall–Kier alpha value is -1.88. The maximum atomic E-state index is 12.9. The summed E-state index contributed by atoms with van der Waals surface area (Å²) in [6.45, 7) is 4.09. The van der Waals surface area contributed by atoms with Crippen molar-refractivity contribution in [3.05, 3.63) is 51.6 Å². The molecule has 0 bridgehead atoms. The van der Waals surface area contributed by atoms with Crippen molar-refractivity contribution in [1.29, 1.82) is 0 Å². The molecule has 0 aliphatic rings. The Balaban J connectivity index is 1.99. The number of hydrogen-bond acceptors (Lipinski definition) is 2. The zero-order valence-corrected chi connectivity index (χ0v) is 13.0. The van der Waals surface area contributed by atoms with Gasteiger partial charge in [0, 0.05) is 29.9 Å². The number of rotatable bonds is 4. The minimum atomic E-state index is -0.392. The molecule has 0 saturated heterocycles. The maximum Gasteiger partial charge on any atom is 0.224 e. The average Bonchev–Trinajstić information content (AvgIpc) is 2.64. The van der Waals surface area contributed by atoms with Gasteiger partial charge in [-0.3, -0.25) is 9.48 Å². The lowest BCUT2D eigenvalue weighted by Crippen LogP contribution is -2.25. The summed E-state index contributed by atoms with van der Waals surface area (Å²) in [4.78, 5) is 12.0. The SMILES string of the molecule is Cc1nn(C)c(C)c1CC(=O)NCc1ccc(F)cc1Cl. The fourth-order valence-electron chi connectivity index (χ4n) is 2.16. The third-order valence-corrected chi connectivity index (χ3v) is 3.84. The van der Waals surface area contributed by atoms with Crippen LogP contribution in [-0.2, 0) is 24.8 Å². The van der Waals surface area contributed by atoms with Gasteiger partial charge in [0.2, 0.25) is 5.91 Å². The highest BCUT2D eigenvalue weighted by atomic mass is 35.5. The molecule has 0 unspecified atom stereocenters. The van der Waals surface area contributed by atoms with Crippen LogP contribution in [0.15, 0.2) is 18.2 Å². The van der Waals surface area contributed by atoms with Gasteiger partial charge in [0.05, 0.1) is 12.1 Å². The number of carbonyl (C=O) groups excluding carboxylic acids is 1. The van der Waals surface area contributed by atoms with Gasteiger partial charge in [-0.2, -0.15) is 5.10 Å². The van der Waals surface area contributed by atoms with E-state index in [0.29, 0.717) is 10.6 Å². The van der Waals surface area contributed by atoms with Crippen LogP contribution in [0.1, 0.15) is 22.5 Å². The van der Waals surface area contributed by atoms with Crippen LogP contribution >= 0.6 is 11.6 Å². The van der Waals surface area contributed by atoms with Gasteiger partial charge in [0.15, 0.2) is 0 Å². The first-order valence-electron chi connectivity index (χ1n) is 6.58. The van der Waals surface area contributed by atoms with Gasteiger partial charge >= 0.3 is 0 Å². The summed E-state index contributed by atoms with van der Waals surface area (Å²) >= 11 is 5.92. The molecule has 1 heterocycles. The third-order valence-electron chi connectivity index (χ3n) is 3.49. The Morgan fingerprint density at radius 3 is 2.71 bits per heavy atom. The first kappa shape index (κ1) is 15.5. The molecule has 0 radical (unpaired) electrons. The lowest BCUT2D eigenvalue weighted by Gasteiger charge is -2.07. The van der Waals surface area contributed by atoms with Crippen LogP contribution < -0.4 is 5.32 Å². The molecule has 4 nitrogen and oxygen atoms in total. The van der Waals surface area contributed by atoms with Gasteiger partial charge in [0.25, 0.3) is 0 Å². The van der Waals surface area contributed by atoms with Gasteiger partial charge < -0.3 is 5.32 Å². The van der Waals surface area contributed by atoms with Crippen LogP contribution in [0.3, 0.4) is 0 Å². The Labute approximate surface area is 127 Å². The highest BCUT2D eigenvalue weighted by Crippen LogP contribution is 2.17. The average molecular weight is 310 g/mol. The molecule has 0 spiro atoms. The molecule has 1 aromatic heterocycles. The largest absolute Gasteiger partial charge is 0.352 e. The van der Waals surface area contributed by atoms with Crippen molar-refractivity contribution in [1.82, 2.24) is 15.1 Å². The van der Waals surface area contributed by atoms with Gasteiger partial charge in [-0.25, -0.2) is 4.39 Å². The Kier molecular flexibility index (Phi) is 4.63. The van der Waals surface area contributed by atoms with Crippen molar-refractivity contribution in [2.45, 2.75) is 26.8 Å². The molecule has 1 N–H and O–H groups in total. The summed E-state index contributed by atoms with van der Waals surface area (Å²) in [5.74, 6) is -0.508. The molecule has 2 aromatic rings. The predicted octanol–water partition coefficient (Wildman–Crippen LogP) is 2.69. The summed E-state index contributed by atoms with van der Waals surface area (Å²) in [5, 5.41) is 7.38.